The maximum atomic E-state index is 11.5. The highest BCUT2D eigenvalue weighted by molar-refractivity contribution is 8.11. The molecule has 0 aliphatic carbocycles. The van der Waals surface area contributed by atoms with Gasteiger partial charge in [0.25, 0.3) is 0 Å². The van der Waals surface area contributed by atoms with Gasteiger partial charge in [-0.2, -0.15) is 0 Å². The van der Waals surface area contributed by atoms with E-state index in [-0.39, 0.29) is 29.0 Å². The Hall–Kier alpha value is -1.60. The molecule has 0 heterocycles. The summed E-state index contributed by atoms with van der Waals surface area (Å²) in [6.45, 7) is 0. The molecule has 0 radical (unpaired) electrons. The lowest BCUT2D eigenvalue weighted by molar-refractivity contribution is -0.124. The first kappa shape index (κ1) is 14.5. The van der Waals surface area contributed by atoms with E-state index in [2.05, 4.69) is 41.0 Å². The molecule has 0 fully saturated rings. The molecule has 0 unspecified atom stereocenters. The van der Waals surface area contributed by atoms with Crippen LogP contribution in [0, 0.1) is 0 Å². The summed E-state index contributed by atoms with van der Waals surface area (Å²) in [7, 11) is 0. The molecule has 0 aliphatic rings. The summed E-state index contributed by atoms with van der Waals surface area (Å²) in [4.78, 5) is 22.8. The van der Waals surface area contributed by atoms with Crippen molar-refractivity contribution in [3.05, 3.63) is 30.3 Å². The van der Waals surface area contributed by atoms with E-state index in [1.807, 2.05) is 18.2 Å². The lowest BCUT2D eigenvalue weighted by Crippen LogP contribution is -2.39. The van der Waals surface area contributed by atoms with Crippen molar-refractivity contribution in [2.24, 2.45) is 0 Å². The molecule has 0 saturated heterocycles. The van der Waals surface area contributed by atoms with E-state index >= 15 is 0 Å². The first-order chi connectivity index (χ1) is 8.58. The van der Waals surface area contributed by atoms with Gasteiger partial charge in [0.1, 0.15) is 4.32 Å². The van der Waals surface area contributed by atoms with Crippen LogP contribution in [0.15, 0.2) is 30.3 Å². The molecule has 0 aromatic heterocycles. The predicted octanol–water partition coefficient (Wildman–Crippen LogP) is 1.24. The second-order valence-electron chi connectivity index (χ2n) is 3.39. The van der Waals surface area contributed by atoms with Crippen molar-refractivity contribution in [1.29, 1.82) is 0 Å². The van der Waals surface area contributed by atoms with Crippen molar-refractivity contribution in [1.82, 2.24) is 10.9 Å². The first-order valence-corrected chi connectivity index (χ1v) is 6.06. The number of hydrogen-bond donors (Lipinski definition) is 4. The Morgan fingerprint density at radius 2 is 1.67 bits per heavy atom. The van der Waals surface area contributed by atoms with Crippen molar-refractivity contribution >= 4 is 46.7 Å². The summed E-state index contributed by atoms with van der Waals surface area (Å²) in [5.74, 6) is -0.542. The molecule has 0 aliphatic heterocycles. The minimum Gasteiger partial charge on any atom is -0.326 e. The van der Waals surface area contributed by atoms with E-state index in [9.17, 15) is 9.59 Å². The molecule has 0 bridgehead atoms. The van der Waals surface area contributed by atoms with Crippen molar-refractivity contribution < 1.29 is 9.59 Å². The Morgan fingerprint density at radius 3 is 2.28 bits per heavy atom. The van der Waals surface area contributed by atoms with Gasteiger partial charge in [0.15, 0.2) is 0 Å². The van der Waals surface area contributed by atoms with E-state index < -0.39 is 0 Å². The summed E-state index contributed by atoms with van der Waals surface area (Å²) < 4.78 is 0.164. The summed E-state index contributed by atoms with van der Waals surface area (Å²) in [6, 6.07) is 9.05. The average molecular weight is 283 g/mol. The van der Waals surface area contributed by atoms with Crippen molar-refractivity contribution in [3.8, 4) is 0 Å². The van der Waals surface area contributed by atoms with Crippen LogP contribution in [0.3, 0.4) is 0 Å². The van der Waals surface area contributed by atoms with Crippen LogP contribution in [0.5, 0.6) is 0 Å². The summed E-state index contributed by atoms with van der Waals surface area (Å²) in [6.07, 6.45) is 0.170. The zero-order valence-corrected chi connectivity index (χ0v) is 11.2. The number of thiocarbonyl (C=S) groups is 1. The van der Waals surface area contributed by atoms with E-state index in [0.29, 0.717) is 5.69 Å². The number of rotatable bonds is 4. The molecule has 1 aromatic rings. The molecule has 18 heavy (non-hydrogen) atoms. The minimum absolute atomic E-state index is 0.0715. The Balaban J connectivity index is 2.25. The Bertz CT molecular complexity index is 437. The summed E-state index contributed by atoms with van der Waals surface area (Å²) in [5.41, 5.74) is 5.40. The maximum Gasteiger partial charge on any atom is 0.238 e. The number of hydrogen-bond acceptors (Lipinski definition) is 3. The van der Waals surface area contributed by atoms with Crippen LogP contribution in [0.2, 0.25) is 0 Å². The monoisotopic (exact) mass is 283 g/mol. The fourth-order valence-electron chi connectivity index (χ4n) is 1.16. The number of carbonyl (C=O) groups is 2. The number of para-hydroxylation sites is 1. The van der Waals surface area contributed by atoms with Gasteiger partial charge in [-0.25, -0.2) is 0 Å². The van der Waals surface area contributed by atoms with Gasteiger partial charge < -0.3 is 5.32 Å². The van der Waals surface area contributed by atoms with Gasteiger partial charge in [-0.05, 0) is 12.1 Å². The smallest absolute Gasteiger partial charge is 0.238 e. The molecule has 0 atom stereocenters. The molecule has 5 nitrogen and oxygen atoms in total. The topological polar surface area (TPSA) is 70.2 Å². The fraction of sp³-hybridized carbons (Fsp3) is 0.182. The molecule has 96 valence electrons. The van der Waals surface area contributed by atoms with E-state index in [1.165, 1.54) is 0 Å². The lowest BCUT2D eigenvalue weighted by Gasteiger charge is -2.06. The fourth-order valence-corrected chi connectivity index (χ4v) is 1.26. The van der Waals surface area contributed by atoms with Gasteiger partial charge in [-0.3, -0.25) is 20.4 Å². The largest absolute Gasteiger partial charge is 0.326 e. The summed E-state index contributed by atoms with van der Waals surface area (Å²) >= 11 is 8.37. The third kappa shape index (κ3) is 6.21. The highest BCUT2D eigenvalue weighted by atomic mass is 32.1. The van der Waals surface area contributed by atoms with Gasteiger partial charge >= 0.3 is 0 Å². The van der Waals surface area contributed by atoms with Gasteiger partial charge in [0, 0.05) is 18.5 Å². The van der Waals surface area contributed by atoms with Gasteiger partial charge in [-0.1, -0.05) is 30.4 Å². The number of carbonyl (C=O) groups excluding carboxylic acids is 2. The molecule has 0 saturated carbocycles. The highest BCUT2D eigenvalue weighted by Gasteiger charge is 2.06. The van der Waals surface area contributed by atoms with Crippen LogP contribution >= 0.6 is 24.8 Å². The predicted molar refractivity (Wildman–Crippen MR) is 77.2 cm³/mol. The number of amides is 2. The molecular weight excluding hydrogens is 270 g/mol. The van der Waals surface area contributed by atoms with E-state index in [1.54, 1.807) is 12.1 Å². The number of hydrazine groups is 1. The van der Waals surface area contributed by atoms with Crippen LogP contribution in [-0.4, -0.2) is 16.1 Å². The standard InChI is InChI=1S/C11H13N3O2S2/c15-9(12-8-4-2-1-3-5-8)6-7-10(16)13-14-11(17)18/h1-5H,6-7H2,(H,12,15)(H,13,16)(H2,14,17,18). The van der Waals surface area contributed by atoms with Gasteiger partial charge in [0.05, 0.1) is 0 Å². The third-order valence-corrected chi connectivity index (χ3v) is 2.16. The second-order valence-corrected chi connectivity index (χ2v) is 4.55. The van der Waals surface area contributed by atoms with E-state index in [4.69, 9.17) is 0 Å². The Kier molecular flexibility index (Phi) is 6.16. The zero-order valence-electron chi connectivity index (χ0n) is 9.47. The normalized spacial score (nSPS) is 9.39. The molecule has 1 rings (SSSR count). The van der Waals surface area contributed by atoms with Crippen LogP contribution in [0.4, 0.5) is 5.69 Å². The molecule has 2 amide bonds. The van der Waals surface area contributed by atoms with Crippen LogP contribution in [-0.2, 0) is 9.59 Å². The van der Waals surface area contributed by atoms with Crippen LogP contribution in [0.25, 0.3) is 0 Å². The molecule has 7 heteroatoms. The molecule has 0 spiro atoms. The quantitative estimate of drug-likeness (QED) is 0.381. The van der Waals surface area contributed by atoms with Crippen molar-refractivity contribution in [2.45, 2.75) is 12.8 Å². The van der Waals surface area contributed by atoms with Crippen LogP contribution < -0.4 is 16.2 Å². The third-order valence-electron chi connectivity index (χ3n) is 1.95. The lowest BCUT2D eigenvalue weighted by atomic mass is 10.2. The molecule has 1 aromatic carbocycles. The van der Waals surface area contributed by atoms with Crippen molar-refractivity contribution in [2.75, 3.05) is 5.32 Å². The summed E-state index contributed by atoms with van der Waals surface area (Å²) in [5, 5.41) is 2.68. The minimum atomic E-state index is -0.324. The zero-order chi connectivity index (χ0) is 13.4. The number of anilines is 1. The van der Waals surface area contributed by atoms with Crippen molar-refractivity contribution in [3.63, 3.8) is 0 Å². The van der Waals surface area contributed by atoms with Crippen LogP contribution in [0.1, 0.15) is 12.8 Å². The molecule has 3 N–H and O–H groups in total. The Morgan fingerprint density at radius 1 is 1.06 bits per heavy atom. The van der Waals surface area contributed by atoms with Gasteiger partial charge in [0.2, 0.25) is 11.8 Å². The maximum absolute atomic E-state index is 11.5. The SMILES string of the molecule is O=C(CCC(=O)Nc1ccccc1)NNC(=S)S. The van der Waals surface area contributed by atoms with E-state index in [0.717, 1.165) is 0 Å². The number of benzene rings is 1. The molecular formula is C11H13N3O2S2. The average Bonchev–Trinajstić information content (AvgIpc) is 2.35. The number of nitrogens with one attached hydrogen (secondary N) is 3. The number of thiol groups is 1. The Labute approximate surface area is 116 Å². The second kappa shape index (κ2) is 7.67. The first-order valence-electron chi connectivity index (χ1n) is 5.20. The van der Waals surface area contributed by atoms with Gasteiger partial charge in [-0.15, -0.1) is 12.6 Å². The highest BCUT2D eigenvalue weighted by Crippen LogP contribution is 2.05.